The standard InChI is InChI=1S/C20H13ClFNO3/c21-12-5-7-17(16(22)9-12)23-20(24)11-25-13-6-8-19-15(10-13)14-3-1-2-4-18(14)26-19/h1-10H,11H2,(H,23,24). The number of nitrogens with one attached hydrogen (secondary N) is 1. The average Bonchev–Trinajstić information content (AvgIpc) is 3.00. The molecule has 0 aliphatic heterocycles. The Bertz CT molecular complexity index is 1120. The number of furan rings is 1. The lowest BCUT2D eigenvalue weighted by Gasteiger charge is -2.08. The van der Waals surface area contributed by atoms with Gasteiger partial charge in [0.05, 0.1) is 5.69 Å². The lowest BCUT2D eigenvalue weighted by Crippen LogP contribution is -2.20. The highest BCUT2D eigenvalue weighted by molar-refractivity contribution is 6.30. The molecule has 1 heterocycles. The Kier molecular flexibility index (Phi) is 4.22. The maximum absolute atomic E-state index is 13.7. The molecular formula is C20H13ClFNO3. The summed E-state index contributed by atoms with van der Waals surface area (Å²) in [4.78, 5) is 12.0. The molecule has 0 radical (unpaired) electrons. The van der Waals surface area contributed by atoms with Crippen molar-refractivity contribution in [2.45, 2.75) is 0 Å². The molecule has 0 atom stereocenters. The number of carbonyl (C=O) groups is 1. The Hall–Kier alpha value is -3.05. The summed E-state index contributed by atoms with van der Waals surface area (Å²) < 4.78 is 25.0. The number of ether oxygens (including phenoxy) is 1. The molecule has 0 saturated carbocycles. The summed E-state index contributed by atoms with van der Waals surface area (Å²) in [6, 6.07) is 17.1. The maximum Gasteiger partial charge on any atom is 0.262 e. The summed E-state index contributed by atoms with van der Waals surface area (Å²) in [5.74, 6) is -0.545. The van der Waals surface area contributed by atoms with Crippen LogP contribution in [-0.4, -0.2) is 12.5 Å². The number of amides is 1. The van der Waals surface area contributed by atoms with E-state index in [-0.39, 0.29) is 17.3 Å². The second-order valence-corrected chi connectivity index (χ2v) is 6.15. The second kappa shape index (κ2) is 6.69. The van der Waals surface area contributed by atoms with Crippen molar-refractivity contribution in [2.75, 3.05) is 11.9 Å². The number of carbonyl (C=O) groups excluding carboxylic acids is 1. The Morgan fingerprint density at radius 2 is 1.85 bits per heavy atom. The van der Waals surface area contributed by atoms with Crippen LogP contribution < -0.4 is 10.1 Å². The van der Waals surface area contributed by atoms with Crippen LogP contribution in [0.3, 0.4) is 0 Å². The average molecular weight is 370 g/mol. The highest BCUT2D eigenvalue weighted by atomic mass is 35.5. The van der Waals surface area contributed by atoms with E-state index in [1.807, 2.05) is 30.3 Å². The fourth-order valence-electron chi connectivity index (χ4n) is 2.72. The smallest absolute Gasteiger partial charge is 0.262 e. The van der Waals surface area contributed by atoms with Gasteiger partial charge in [-0.05, 0) is 42.5 Å². The first kappa shape index (κ1) is 16.4. The Morgan fingerprint density at radius 3 is 2.69 bits per heavy atom. The van der Waals surface area contributed by atoms with Crippen LogP contribution in [0.2, 0.25) is 5.02 Å². The van der Waals surface area contributed by atoms with Gasteiger partial charge in [-0.3, -0.25) is 4.79 Å². The third-order valence-electron chi connectivity index (χ3n) is 3.92. The van der Waals surface area contributed by atoms with Gasteiger partial charge in [-0.25, -0.2) is 4.39 Å². The van der Waals surface area contributed by atoms with Crippen molar-refractivity contribution in [1.82, 2.24) is 0 Å². The van der Waals surface area contributed by atoms with Gasteiger partial charge in [-0.15, -0.1) is 0 Å². The molecule has 4 nitrogen and oxygen atoms in total. The maximum atomic E-state index is 13.7. The predicted molar refractivity (Wildman–Crippen MR) is 99.3 cm³/mol. The minimum absolute atomic E-state index is 0.0549. The third kappa shape index (κ3) is 3.21. The number of halogens is 2. The molecule has 0 unspecified atom stereocenters. The van der Waals surface area contributed by atoms with Crippen molar-refractivity contribution in [3.8, 4) is 5.75 Å². The van der Waals surface area contributed by atoms with Gasteiger partial charge in [0.1, 0.15) is 22.7 Å². The molecule has 0 fully saturated rings. The van der Waals surface area contributed by atoms with Gasteiger partial charge < -0.3 is 14.5 Å². The van der Waals surface area contributed by atoms with E-state index in [2.05, 4.69) is 5.32 Å². The van der Waals surface area contributed by atoms with E-state index in [9.17, 15) is 9.18 Å². The van der Waals surface area contributed by atoms with E-state index in [4.69, 9.17) is 20.8 Å². The minimum atomic E-state index is -0.600. The third-order valence-corrected chi connectivity index (χ3v) is 4.16. The second-order valence-electron chi connectivity index (χ2n) is 5.72. The number of rotatable bonds is 4. The topological polar surface area (TPSA) is 51.5 Å². The summed E-state index contributed by atoms with van der Waals surface area (Å²) in [6.45, 7) is -0.247. The predicted octanol–water partition coefficient (Wildman–Crippen LogP) is 5.40. The van der Waals surface area contributed by atoms with Gasteiger partial charge in [0.15, 0.2) is 6.61 Å². The Morgan fingerprint density at radius 1 is 1.04 bits per heavy atom. The van der Waals surface area contributed by atoms with E-state index in [0.717, 1.165) is 28.0 Å². The molecular weight excluding hydrogens is 357 g/mol. The Labute approximate surface area is 153 Å². The first-order valence-electron chi connectivity index (χ1n) is 7.89. The molecule has 0 saturated heterocycles. The first-order chi connectivity index (χ1) is 12.6. The number of fused-ring (bicyclic) bond motifs is 3. The zero-order chi connectivity index (χ0) is 18.1. The zero-order valence-corrected chi connectivity index (χ0v) is 14.2. The highest BCUT2D eigenvalue weighted by Crippen LogP contribution is 2.31. The number of para-hydroxylation sites is 1. The quantitative estimate of drug-likeness (QED) is 0.524. The van der Waals surface area contributed by atoms with E-state index in [1.165, 1.54) is 12.1 Å². The van der Waals surface area contributed by atoms with E-state index < -0.39 is 11.7 Å². The van der Waals surface area contributed by atoms with Crippen molar-refractivity contribution in [3.63, 3.8) is 0 Å². The van der Waals surface area contributed by atoms with Gasteiger partial charge in [0.2, 0.25) is 0 Å². The van der Waals surface area contributed by atoms with Crippen LogP contribution in [-0.2, 0) is 4.79 Å². The van der Waals surface area contributed by atoms with Crippen molar-refractivity contribution in [3.05, 3.63) is 71.5 Å². The summed E-state index contributed by atoms with van der Waals surface area (Å²) in [6.07, 6.45) is 0. The van der Waals surface area contributed by atoms with Crippen LogP contribution >= 0.6 is 11.6 Å². The summed E-state index contributed by atoms with van der Waals surface area (Å²) in [7, 11) is 0. The molecule has 1 aromatic heterocycles. The van der Waals surface area contributed by atoms with E-state index >= 15 is 0 Å². The number of anilines is 1. The van der Waals surface area contributed by atoms with Crippen LogP contribution in [0.5, 0.6) is 5.75 Å². The molecule has 4 aromatic rings. The number of hydrogen-bond acceptors (Lipinski definition) is 3. The lowest BCUT2D eigenvalue weighted by atomic mass is 10.1. The molecule has 1 N–H and O–H groups in total. The lowest BCUT2D eigenvalue weighted by molar-refractivity contribution is -0.118. The molecule has 1 amide bonds. The van der Waals surface area contributed by atoms with E-state index in [1.54, 1.807) is 12.1 Å². The monoisotopic (exact) mass is 369 g/mol. The van der Waals surface area contributed by atoms with Crippen LogP contribution in [0, 0.1) is 5.82 Å². The van der Waals surface area contributed by atoms with Crippen molar-refractivity contribution in [2.24, 2.45) is 0 Å². The van der Waals surface area contributed by atoms with Gasteiger partial charge in [0, 0.05) is 15.8 Å². The van der Waals surface area contributed by atoms with Crippen molar-refractivity contribution in [1.29, 1.82) is 0 Å². The molecule has 0 spiro atoms. The summed E-state index contributed by atoms with van der Waals surface area (Å²) >= 11 is 5.69. The van der Waals surface area contributed by atoms with Crippen LogP contribution in [0.15, 0.2) is 65.1 Å². The Balaban J connectivity index is 1.48. The van der Waals surface area contributed by atoms with Crippen LogP contribution in [0.4, 0.5) is 10.1 Å². The van der Waals surface area contributed by atoms with Crippen LogP contribution in [0.25, 0.3) is 21.9 Å². The van der Waals surface area contributed by atoms with Gasteiger partial charge in [0.25, 0.3) is 5.91 Å². The van der Waals surface area contributed by atoms with Crippen molar-refractivity contribution < 1.29 is 18.3 Å². The largest absolute Gasteiger partial charge is 0.484 e. The molecule has 3 aromatic carbocycles. The molecule has 130 valence electrons. The van der Waals surface area contributed by atoms with Gasteiger partial charge in [-0.1, -0.05) is 29.8 Å². The van der Waals surface area contributed by atoms with E-state index in [0.29, 0.717) is 5.75 Å². The molecule has 26 heavy (non-hydrogen) atoms. The molecule has 4 rings (SSSR count). The SMILES string of the molecule is O=C(COc1ccc2oc3ccccc3c2c1)Nc1ccc(Cl)cc1F. The first-order valence-corrected chi connectivity index (χ1v) is 8.27. The number of hydrogen-bond donors (Lipinski definition) is 1. The summed E-state index contributed by atoms with van der Waals surface area (Å²) in [5, 5.41) is 4.59. The van der Waals surface area contributed by atoms with Gasteiger partial charge >= 0.3 is 0 Å². The molecule has 0 aliphatic carbocycles. The zero-order valence-electron chi connectivity index (χ0n) is 13.5. The molecule has 0 bridgehead atoms. The fourth-order valence-corrected chi connectivity index (χ4v) is 2.88. The van der Waals surface area contributed by atoms with Gasteiger partial charge in [-0.2, -0.15) is 0 Å². The molecule has 0 aliphatic rings. The summed E-state index contributed by atoms with van der Waals surface area (Å²) in [5.41, 5.74) is 1.58. The minimum Gasteiger partial charge on any atom is -0.484 e. The molecule has 6 heteroatoms. The fraction of sp³-hybridized carbons (Fsp3) is 0.0500. The van der Waals surface area contributed by atoms with Crippen molar-refractivity contribution >= 4 is 45.1 Å². The normalized spacial score (nSPS) is 11.0. The number of benzene rings is 3. The highest BCUT2D eigenvalue weighted by Gasteiger charge is 2.10. The van der Waals surface area contributed by atoms with Crippen LogP contribution in [0.1, 0.15) is 0 Å².